The molecule has 1 saturated heterocycles. The summed E-state index contributed by atoms with van der Waals surface area (Å²) >= 11 is 0. The van der Waals surface area contributed by atoms with Gasteiger partial charge in [-0.3, -0.25) is 0 Å². The average molecular weight is 323 g/mol. The first-order valence-corrected chi connectivity index (χ1v) is 7.85. The van der Waals surface area contributed by atoms with Gasteiger partial charge in [0.05, 0.1) is 4.90 Å². The minimum absolute atomic E-state index is 0. The molecule has 20 heavy (non-hydrogen) atoms. The molecule has 1 unspecified atom stereocenters. The van der Waals surface area contributed by atoms with Crippen LogP contribution in [0.4, 0.5) is 4.39 Å². The molecule has 114 valence electrons. The minimum atomic E-state index is -3.57. The predicted molar refractivity (Wildman–Crippen MR) is 79.3 cm³/mol. The Morgan fingerprint density at radius 3 is 2.45 bits per heavy atom. The highest BCUT2D eigenvalue weighted by Gasteiger charge is 2.22. The lowest BCUT2D eigenvalue weighted by Crippen LogP contribution is -2.31. The van der Waals surface area contributed by atoms with E-state index in [1.54, 1.807) is 13.8 Å². The SMILES string of the molecule is Cc1cc(F)cc(C)c1S(=O)(=O)NCC1CCNC1.Cl. The molecule has 2 rings (SSSR count). The number of benzene rings is 1. The molecule has 0 spiro atoms. The van der Waals surface area contributed by atoms with Crippen LogP contribution < -0.4 is 10.0 Å². The minimum Gasteiger partial charge on any atom is -0.316 e. The Labute approximate surface area is 125 Å². The maximum absolute atomic E-state index is 13.2. The molecular formula is C13H20ClFN2O2S. The molecular weight excluding hydrogens is 303 g/mol. The molecule has 1 aliphatic heterocycles. The Hall–Kier alpha value is -0.690. The second kappa shape index (κ2) is 6.85. The molecule has 1 fully saturated rings. The highest BCUT2D eigenvalue weighted by Crippen LogP contribution is 2.21. The third-order valence-corrected chi connectivity index (χ3v) is 5.15. The molecule has 0 radical (unpaired) electrons. The van der Waals surface area contributed by atoms with E-state index < -0.39 is 15.8 Å². The van der Waals surface area contributed by atoms with Crippen LogP contribution in [0.3, 0.4) is 0 Å². The van der Waals surface area contributed by atoms with Gasteiger partial charge in [0.1, 0.15) is 5.82 Å². The van der Waals surface area contributed by atoms with Gasteiger partial charge in [-0.25, -0.2) is 17.5 Å². The molecule has 0 bridgehead atoms. The molecule has 0 saturated carbocycles. The van der Waals surface area contributed by atoms with Gasteiger partial charge in [0.15, 0.2) is 0 Å². The fourth-order valence-corrected chi connectivity index (χ4v) is 4.07. The standard InChI is InChI=1S/C13H19FN2O2S.ClH/c1-9-5-12(14)6-10(2)13(9)19(17,18)16-8-11-3-4-15-7-11;/h5-6,11,15-16H,3-4,7-8H2,1-2H3;1H. The van der Waals surface area contributed by atoms with Crippen LogP contribution in [0.5, 0.6) is 0 Å². The van der Waals surface area contributed by atoms with Crippen LogP contribution in [0.15, 0.2) is 17.0 Å². The van der Waals surface area contributed by atoms with Gasteiger partial charge in [0.25, 0.3) is 0 Å². The first-order valence-electron chi connectivity index (χ1n) is 6.37. The Morgan fingerprint density at radius 1 is 1.35 bits per heavy atom. The molecule has 2 N–H and O–H groups in total. The van der Waals surface area contributed by atoms with E-state index in [9.17, 15) is 12.8 Å². The fraction of sp³-hybridized carbons (Fsp3) is 0.538. The molecule has 1 aromatic carbocycles. The third kappa shape index (κ3) is 3.91. The maximum Gasteiger partial charge on any atom is 0.241 e. The van der Waals surface area contributed by atoms with Gasteiger partial charge >= 0.3 is 0 Å². The predicted octanol–water partition coefficient (Wildman–Crippen LogP) is 1.75. The number of sulfonamides is 1. The largest absolute Gasteiger partial charge is 0.316 e. The van der Waals surface area contributed by atoms with Crippen molar-refractivity contribution in [2.24, 2.45) is 5.92 Å². The van der Waals surface area contributed by atoms with Crippen LogP contribution in [0, 0.1) is 25.6 Å². The first kappa shape index (κ1) is 17.4. The Balaban J connectivity index is 0.00000200. The first-order chi connectivity index (χ1) is 8.90. The van der Waals surface area contributed by atoms with Crippen molar-refractivity contribution < 1.29 is 12.8 Å². The van der Waals surface area contributed by atoms with Crippen LogP contribution in [-0.2, 0) is 10.0 Å². The van der Waals surface area contributed by atoms with E-state index in [1.807, 2.05) is 0 Å². The van der Waals surface area contributed by atoms with E-state index in [-0.39, 0.29) is 17.3 Å². The number of hydrogen-bond acceptors (Lipinski definition) is 3. The van der Waals surface area contributed by atoms with Crippen molar-refractivity contribution in [3.8, 4) is 0 Å². The van der Waals surface area contributed by atoms with E-state index in [0.29, 0.717) is 23.6 Å². The van der Waals surface area contributed by atoms with Gasteiger partial charge in [-0.15, -0.1) is 12.4 Å². The van der Waals surface area contributed by atoms with E-state index in [0.717, 1.165) is 19.5 Å². The lowest BCUT2D eigenvalue weighted by molar-refractivity contribution is 0.537. The number of halogens is 2. The van der Waals surface area contributed by atoms with Crippen molar-refractivity contribution in [1.29, 1.82) is 0 Å². The summed E-state index contributed by atoms with van der Waals surface area (Å²) in [6, 6.07) is 2.50. The van der Waals surface area contributed by atoms with Crippen molar-refractivity contribution in [3.05, 3.63) is 29.1 Å². The molecule has 7 heteroatoms. The Morgan fingerprint density at radius 2 is 1.95 bits per heavy atom. The smallest absolute Gasteiger partial charge is 0.241 e. The second-order valence-electron chi connectivity index (χ2n) is 5.08. The highest BCUT2D eigenvalue weighted by molar-refractivity contribution is 7.89. The third-order valence-electron chi connectivity index (χ3n) is 3.42. The highest BCUT2D eigenvalue weighted by atomic mass is 35.5. The normalized spacial score (nSPS) is 18.9. The molecule has 1 aliphatic rings. The number of hydrogen-bond donors (Lipinski definition) is 2. The summed E-state index contributed by atoms with van der Waals surface area (Å²) in [6.07, 6.45) is 0.976. The summed E-state index contributed by atoms with van der Waals surface area (Å²) in [4.78, 5) is 0.194. The van der Waals surface area contributed by atoms with Crippen molar-refractivity contribution >= 4 is 22.4 Å². The Kier molecular flexibility index (Phi) is 5.94. The van der Waals surface area contributed by atoms with Gasteiger partial charge in [-0.2, -0.15) is 0 Å². The molecule has 0 aliphatic carbocycles. The zero-order chi connectivity index (χ0) is 14.0. The molecule has 1 atom stereocenters. The molecule has 1 aromatic rings. The summed E-state index contributed by atoms with van der Waals surface area (Å²) in [5.74, 6) is -0.0789. The van der Waals surface area contributed by atoms with E-state index in [2.05, 4.69) is 10.0 Å². The van der Waals surface area contributed by atoms with Crippen LogP contribution in [-0.4, -0.2) is 28.1 Å². The lowest BCUT2D eigenvalue weighted by atomic mass is 10.1. The summed E-state index contributed by atoms with van der Waals surface area (Å²) in [6.45, 7) is 5.42. The zero-order valence-electron chi connectivity index (χ0n) is 11.6. The van der Waals surface area contributed by atoms with E-state index >= 15 is 0 Å². The molecule has 1 heterocycles. The quantitative estimate of drug-likeness (QED) is 0.888. The van der Waals surface area contributed by atoms with Crippen molar-refractivity contribution in [2.75, 3.05) is 19.6 Å². The van der Waals surface area contributed by atoms with Gasteiger partial charge < -0.3 is 5.32 Å². The van der Waals surface area contributed by atoms with Crippen molar-refractivity contribution in [3.63, 3.8) is 0 Å². The molecule has 0 aromatic heterocycles. The summed E-state index contributed by atoms with van der Waals surface area (Å²) in [5.41, 5.74) is 0.879. The van der Waals surface area contributed by atoms with E-state index in [1.165, 1.54) is 12.1 Å². The van der Waals surface area contributed by atoms with Crippen molar-refractivity contribution in [1.82, 2.24) is 10.0 Å². The van der Waals surface area contributed by atoms with Crippen LogP contribution in [0.25, 0.3) is 0 Å². The molecule has 4 nitrogen and oxygen atoms in total. The molecule has 0 amide bonds. The average Bonchev–Trinajstić information content (AvgIpc) is 2.77. The zero-order valence-corrected chi connectivity index (χ0v) is 13.2. The second-order valence-corrected chi connectivity index (χ2v) is 6.78. The number of aryl methyl sites for hydroxylation is 2. The fourth-order valence-electron chi connectivity index (χ4n) is 2.51. The monoisotopic (exact) mass is 322 g/mol. The topological polar surface area (TPSA) is 58.2 Å². The number of rotatable bonds is 4. The van der Waals surface area contributed by atoms with E-state index in [4.69, 9.17) is 0 Å². The number of nitrogens with one attached hydrogen (secondary N) is 2. The van der Waals surface area contributed by atoms with Crippen LogP contribution >= 0.6 is 12.4 Å². The summed E-state index contributed by atoms with van der Waals surface area (Å²) in [7, 11) is -3.57. The Bertz CT molecular complexity index is 549. The maximum atomic E-state index is 13.2. The van der Waals surface area contributed by atoms with Gasteiger partial charge in [-0.1, -0.05) is 0 Å². The van der Waals surface area contributed by atoms with Crippen LogP contribution in [0.2, 0.25) is 0 Å². The van der Waals surface area contributed by atoms with Gasteiger partial charge in [-0.05, 0) is 62.5 Å². The summed E-state index contributed by atoms with van der Waals surface area (Å²) in [5, 5.41) is 3.19. The summed E-state index contributed by atoms with van der Waals surface area (Å²) < 4.78 is 40.4. The van der Waals surface area contributed by atoms with Crippen LogP contribution in [0.1, 0.15) is 17.5 Å². The lowest BCUT2D eigenvalue weighted by Gasteiger charge is -2.14. The van der Waals surface area contributed by atoms with Gasteiger partial charge in [0.2, 0.25) is 10.0 Å². The van der Waals surface area contributed by atoms with Crippen molar-refractivity contribution in [2.45, 2.75) is 25.2 Å². The van der Waals surface area contributed by atoms with Gasteiger partial charge in [0, 0.05) is 6.54 Å².